The highest BCUT2D eigenvalue weighted by atomic mass is 16.4. The van der Waals surface area contributed by atoms with Gasteiger partial charge < -0.3 is 15.3 Å². The monoisotopic (exact) mass is 201 g/mol. The third-order valence-electron chi connectivity index (χ3n) is 1.80. The topological polar surface area (TPSA) is 115 Å². The zero-order valence-electron chi connectivity index (χ0n) is 6.82. The van der Waals surface area contributed by atoms with Gasteiger partial charge >= 0.3 is 18.0 Å². The van der Waals surface area contributed by atoms with Gasteiger partial charge in [-0.05, 0) is 0 Å². The minimum absolute atomic E-state index is 0.366. The number of nitrogens with zero attached hydrogens (tertiary/aromatic N) is 1. The first-order chi connectivity index (χ1) is 6.45. The summed E-state index contributed by atoms with van der Waals surface area (Å²) < 4.78 is 0. The fourth-order valence-corrected chi connectivity index (χ4v) is 1.21. The van der Waals surface area contributed by atoms with Crippen molar-refractivity contribution >= 4 is 18.0 Å². The van der Waals surface area contributed by atoms with E-state index in [1.165, 1.54) is 0 Å². The number of carboxylic acid groups (broad SMARTS) is 3. The van der Waals surface area contributed by atoms with E-state index in [-0.39, 0.29) is 0 Å². The molecule has 7 nitrogen and oxygen atoms in total. The van der Waals surface area contributed by atoms with E-state index in [0.29, 0.717) is 4.90 Å². The van der Waals surface area contributed by atoms with Crippen LogP contribution in [0.4, 0.5) is 4.79 Å². The van der Waals surface area contributed by atoms with Gasteiger partial charge in [-0.3, -0.25) is 4.90 Å². The second-order valence-corrected chi connectivity index (χ2v) is 2.64. The fraction of sp³-hybridized carbons (Fsp3) is 0.286. The van der Waals surface area contributed by atoms with E-state index in [4.69, 9.17) is 15.3 Å². The van der Waals surface area contributed by atoms with E-state index in [0.717, 1.165) is 12.2 Å². The van der Waals surface area contributed by atoms with Crippen LogP contribution in [-0.4, -0.2) is 50.3 Å². The minimum Gasteiger partial charge on any atom is -0.479 e. The molecule has 2 atom stereocenters. The lowest BCUT2D eigenvalue weighted by atomic mass is 10.3. The smallest absolute Gasteiger partial charge is 0.409 e. The van der Waals surface area contributed by atoms with Gasteiger partial charge in [-0.25, -0.2) is 14.4 Å². The molecule has 3 N–H and O–H groups in total. The molecule has 1 heterocycles. The zero-order chi connectivity index (χ0) is 10.9. The van der Waals surface area contributed by atoms with E-state index < -0.39 is 30.1 Å². The maximum atomic E-state index is 10.6. The van der Waals surface area contributed by atoms with Crippen LogP contribution in [0.15, 0.2) is 12.2 Å². The van der Waals surface area contributed by atoms with Crippen molar-refractivity contribution in [2.75, 3.05) is 0 Å². The predicted molar refractivity (Wildman–Crippen MR) is 41.9 cm³/mol. The van der Waals surface area contributed by atoms with Gasteiger partial charge in [-0.2, -0.15) is 0 Å². The van der Waals surface area contributed by atoms with Gasteiger partial charge in [0.05, 0.1) is 0 Å². The number of hydrogen-bond acceptors (Lipinski definition) is 3. The van der Waals surface area contributed by atoms with E-state index in [1.54, 1.807) is 0 Å². The lowest BCUT2D eigenvalue weighted by Gasteiger charge is -2.22. The van der Waals surface area contributed by atoms with Crippen molar-refractivity contribution in [3.63, 3.8) is 0 Å². The summed E-state index contributed by atoms with van der Waals surface area (Å²) in [6.45, 7) is 0. The first-order valence-corrected chi connectivity index (χ1v) is 3.60. The third kappa shape index (κ3) is 1.51. The van der Waals surface area contributed by atoms with Crippen LogP contribution in [0.3, 0.4) is 0 Å². The number of carboxylic acids is 2. The molecule has 7 heteroatoms. The van der Waals surface area contributed by atoms with Gasteiger partial charge in [0.1, 0.15) is 0 Å². The Labute approximate surface area is 77.9 Å². The van der Waals surface area contributed by atoms with Crippen LogP contribution in [0.25, 0.3) is 0 Å². The molecule has 0 radical (unpaired) electrons. The zero-order valence-corrected chi connectivity index (χ0v) is 6.82. The number of aliphatic carboxylic acids is 2. The molecule has 0 saturated heterocycles. The first-order valence-electron chi connectivity index (χ1n) is 3.60. The van der Waals surface area contributed by atoms with Crippen molar-refractivity contribution in [1.82, 2.24) is 4.90 Å². The molecule has 0 aliphatic carbocycles. The molecule has 1 rings (SSSR count). The summed E-state index contributed by atoms with van der Waals surface area (Å²) in [7, 11) is 0. The predicted octanol–water partition coefficient (Wildman–Crippen LogP) is -0.557. The molecule has 0 aromatic heterocycles. The summed E-state index contributed by atoms with van der Waals surface area (Å²) in [6, 6.07) is -2.85. The summed E-state index contributed by atoms with van der Waals surface area (Å²) in [5.74, 6) is -2.79. The standard InChI is InChI=1S/C7H7NO6/c9-5(10)3-1-2-4(6(11)12)8(3)7(13)14/h1-4H,(H,9,10)(H,11,12)(H,13,14). The van der Waals surface area contributed by atoms with Crippen LogP contribution in [0, 0.1) is 0 Å². The Morgan fingerprint density at radius 2 is 1.29 bits per heavy atom. The van der Waals surface area contributed by atoms with Gasteiger partial charge in [0, 0.05) is 0 Å². The molecular formula is C7H7NO6. The molecule has 0 aromatic rings. The summed E-state index contributed by atoms with van der Waals surface area (Å²) in [5, 5.41) is 25.8. The number of amides is 1. The molecule has 1 aliphatic heterocycles. The molecule has 1 amide bonds. The number of carbonyl (C=O) groups is 3. The number of hydrogen-bond donors (Lipinski definition) is 3. The second-order valence-electron chi connectivity index (χ2n) is 2.64. The lowest BCUT2D eigenvalue weighted by molar-refractivity contribution is -0.144. The summed E-state index contributed by atoms with van der Waals surface area (Å²) >= 11 is 0. The Morgan fingerprint density at radius 1 is 0.929 bits per heavy atom. The minimum atomic E-state index is -1.57. The van der Waals surface area contributed by atoms with Crippen LogP contribution in [0.5, 0.6) is 0 Å². The average Bonchev–Trinajstić information content (AvgIpc) is 2.46. The Balaban J connectivity index is 2.96. The molecule has 14 heavy (non-hydrogen) atoms. The van der Waals surface area contributed by atoms with Gasteiger partial charge in [0.25, 0.3) is 0 Å². The van der Waals surface area contributed by atoms with Gasteiger partial charge in [-0.1, -0.05) is 12.2 Å². The molecule has 0 fully saturated rings. The lowest BCUT2D eigenvalue weighted by Crippen LogP contribution is -2.47. The van der Waals surface area contributed by atoms with Crippen molar-refractivity contribution < 1.29 is 29.7 Å². The first kappa shape index (κ1) is 10.0. The van der Waals surface area contributed by atoms with Gasteiger partial charge in [0.2, 0.25) is 0 Å². The highest BCUT2D eigenvalue weighted by molar-refractivity contribution is 5.89. The molecule has 0 spiro atoms. The quantitative estimate of drug-likeness (QED) is 0.516. The molecule has 0 saturated carbocycles. The van der Waals surface area contributed by atoms with Crippen molar-refractivity contribution in [3.05, 3.63) is 12.2 Å². The van der Waals surface area contributed by atoms with Crippen molar-refractivity contribution in [2.24, 2.45) is 0 Å². The maximum absolute atomic E-state index is 10.6. The number of rotatable bonds is 2. The molecule has 0 bridgehead atoms. The van der Waals surface area contributed by atoms with Gasteiger partial charge in [-0.15, -0.1) is 0 Å². The van der Waals surface area contributed by atoms with E-state index in [2.05, 4.69) is 0 Å². The Hall–Kier alpha value is -2.05. The SMILES string of the molecule is O=C(O)C1C=CC(C(=O)O)N1C(=O)O. The highest BCUT2D eigenvalue weighted by Crippen LogP contribution is 2.17. The average molecular weight is 201 g/mol. The molecule has 1 aliphatic rings. The summed E-state index contributed by atoms with van der Waals surface area (Å²) in [6.07, 6.45) is 0.500. The van der Waals surface area contributed by atoms with E-state index in [9.17, 15) is 14.4 Å². The van der Waals surface area contributed by atoms with Crippen LogP contribution >= 0.6 is 0 Å². The van der Waals surface area contributed by atoms with Crippen LogP contribution in [-0.2, 0) is 9.59 Å². The second kappa shape index (κ2) is 3.36. The molecular weight excluding hydrogens is 194 g/mol. The largest absolute Gasteiger partial charge is 0.479 e. The van der Waals surface area contributed by atoms with Crippen molar-refractivity contribution in [3.8, 4) is 0 Å². The summed E-state index contributed by atoms with van der Waals surface area (Å²) in [5.41, 5.74) is 0. The van der Waals surface area contributed by atoms with E-state index in [1.807, 2.05) is 0 Å². The van der Waals surface area contributed by atoms with Gasteiger partial charge in [0.15, 0.2) is 12.1 Å². The summed E-state index contributed by atoms with van der Waals surface area (Å²) in [4.78, 5) is 32.0. The van der Waals surface area contributed by atoms with Crippen LogP contribution < -0.4 is 0 Å². The Morgan fingerprint density at radius 3 is 1.50 bits per heavy atom. The molecule has 76 valence electrons. The molecule has 0 aromatic carbocycles. The highest BCUT2D eigenvalue weighted by Gasteiger charge is 2.40. The normalized spacial score (nSPS) is 25.0. The fourth-order valence-electron chi connectivity index (χ4n) is 1.21. The maximum Gasteiger partial charge on any atom is 0.409 e. The molecule has 2 unspecified atom stereocenters. The van der Waals surface area contributed by atoms with Crippen molar-refractivity contribution in [1.29, 1.82) is 0 Å². The van der Waals surface area contributed by atoms with Crippen LogP contribution in [0.2, 0.25) is 0 Å². The Bertz CT molecular complexity index is 298. The van der Waals surface area contributed by atoms with Crippen molar-refractivity contribution in [2.45, 2.75) is 12.1 Å². The Kier molecular flexibility index (Phi) is 2.41. The van der Waals surface area contributed by atoms with Crippen LogP contribution in [0.1, 0.15) is 0 Å². The third-order valence-corrected chi connectivity index (χ3v) is 1.80. The van der Waals surface area contributed by atoms with E-state index >= 15 is 0 Å².